The van der Waals surface area contributed by atoms with Crippen LogP contribution >= 0.6 is 11.8 Å². The molecule has 15 heavy (non-hydrogen) atoms. The summed E-state index contributed by atoms with van der Waals surface area (Å²) >= 11 is 1.79. The average molecular weight is 225 g/mol. The maximum absolute atomic E-state index is 5.55. The zero-order chi connectivity index (χ0) is 10.5. The molecule has 5 heteroatoms. The van der Waals surface area contributed by atoms with Crippen molar-refractivity contribution in [3.05, 3.63) is 18.3 Å². The van der Waals surface area contributed by atoms with E-state index in [1.165, 1.54) is 17.7 Å². The van der Waals surface area contributed by atoms with Gasteiger partial charge < -0.3 is 10.2 Å². The molecule has 0 saturated carbocycles. The summed E-state index contributed by atoms with van der Waals surface area (Å²) in [6, 6.07) is 3.93. The van der Waals surface area contributed by atoms with Gasteiger partial charge in [0.05, 0.1) is 6.10 Å². The van der Waals surface area contributed by atoms with Crippen LogP contribution in [0.1, 0.15) is 12.8 Å². The lowest BCUT2D eigenvalue weighted by atomic mass is 10.3. The van der Waals surface area contributed by atoms with Crippen LogP contribution in [0.3, 0.4) is 0 Å². The zero-order valence-corrected chi connectivity index (χ0v) is 9.30. The van der Waals surface area contributed by atoms with Crippen molar-refractivity contribution in [1.29, 1.82) is 0 Å². The number of nitrogens with zero attached hydrogens (tertiary/aromatic N) is 1. The predicted molar refractivity (Wildman–Crippen MR) is 61.7 cm³/mol. The number of nitrogens with one attached hydrogen (secondary N) is 1. The molecular weight excluding hydrogens is 210 g/mol. The van der Waals surface area contributed by atoms with Crippen molar-refractivity contribution in [2.45, 2.75) is 23.8 Å². The maximum Gasteiger partial charge on any atom is 0.140 e. The molecule has 0 radical (unpaired) electrons. The predicted octanol–water partition coefficient (Wildman–Crippen LogP) is 1.64. The van der Waals surface area contributed by atoms with Gasteiger partial charge in [-0.1, -0.05) is 0 Å². The first-order valence-corrected chi connectivity index (χ1v) is 6.04. The average Bonchev–Trinajstić information content (AvgIpc) is 2.79. The number of hydrazine groups is 1. The summed E-state index contributed by atoms with van der Waals surface area (Å²) in [4.78, 5) is 5.23. The molecule has 1 fully saturated rings. The smallest absolute Gasteiger partial charge is 0.140 e. The lowest BCUT2D eigenvalue weighted by molar-refractivity contribution is 0.129. The first-order chi connectivity index (χ1) is 7.38. The number of anilines is 1. The second-order valence-corrected chi connectivity index (χ2v) is 4.56. The Morgan fingerprint density at radius 2 is 2.60 bits per heavy atom. The number of thioether (sulfide) groups is 1. The molecule has 1 aliphatic heterocycles. The Hall–Kier alpha value is -0.780. The van der Waals surface area contributed by atoms with Crippen LogP contribution in [0.15, 0.2) is 23.2 Å². The highest BCUT2D eigenvalue weighted by atomic mass is 32.2. The molecule has 1 aromatic heterocycles. The molecule has 0 bridgehead atoms. The van der Waals surface area contributed by atoms with Crippen LogP contribution in [0, 0.1) is 0 Å². The van der Waals surface area contributed by atoms with Crippen molar-refractivity contribution in [2.24, 2.45) is 5.84 Å². The second kappa shape index (κ2) is 5.34. The number of hydrogen-bond acceptors (Lipinski definition) is 5. The molecule has 0 aliphatic carbocycles. The van der Waals surface area contributed by atoms with E-state index in [-0.39, 0.29) is 0 Å². The van der Waals surface area contributed by atoms with Gasteiger partial charge in [0.1, 0.15) is 5.82 Å². The first-order valence-electron chi connectivity index (χ1n) is 5.05. The van der Waals surface area contributed by atoms with Crippen LogP contribution in [0.2, 0.25) is 0 Å². The minimum absolute atomic E-state index is 0.414. The van der Waals surface area contributed by atoms with Crippen molar-refractivity contribution in [3.63, 3.8) is 0 Å². The summed E-state index contributed by atoms with van der Waals surface area (Å²) in [7, 11) is 0. The second-order valence-electron chi connectivity index (χ2n) is 3.47. The molecule has 1 atom stereocenters. The van der Waals surface area contributed by atoms with E-state index < -0.39 is 0 Å². The fourth-order valence-electron chi connectivity index (χ4n) is 1.54. The molecule has 1 aromatic rings. The van der Waals surface area contributed by atoms with E-state index in [0.29, 0.717) is 11.9 Å². The summed E-state index contributed by atoms with van der Waals surface area (Å²) in [5.74, 6) is 7.00. The van der Waals surface area contributed by atoms with Crippen molar-refractivity contribution >= 4 is 17.6 Å². The Morgan fingerprint density at radius 1 is 1.67 bits per heavy atom. The van der Waals surface area contributed by atoms with E-state index >= 15 is 0 Å². The van der Waals surface area contributed by atoms with Gasteiger partial charge in [-0.25, -0.2) is 10.8 Å². The number of nitrogen functional groups attached to an aromatic ring is 1. The molecule has 1 aliphatic rings. The number of ether oxygens (including phenoxy) is 1. The Kier molecular flexibility index (Phi) is 3.82. The van der Waals surface area contributed by atoms with Gasteiger partial charge >= 0.3 is 0 Å². The Bertz CT molecular complexity index is 315. The summed E-state index contributed by atoms with van der Waals surface area (Å²) in [6.07, 6.45) is 4.54. The van der Waals surface area contributed by atoms with Gasteiger partial charge in [0, 0.05) is 23.5 Å². The highest BCUT2D eigenvalue weighted by Crippen LogP contribution is 2.24. The van der Waals surface area contributed by atoms with E-state index in [0.717, 1.165) is 12.4 Å². The standard InChI is InChI=1S/C10H15N3OS/c11-13-10-6-9(3-4-12-10)15-7-8-2-1-5-14-8/h3-4,6,8H,1-2,5,7,11H2,(H,12,13). The van der Waals surface area contributed by atoms with Crippen LogP contribution in [-0.4, -0.2) is 23.4 Å². The molecule has 3 N–H and O–H groups in total. The van der Waals surface area contributed by atoms with Gasteiger partial charge in [-0.05, 0) is 25.0 Å². The van der Waals surface area contributed by atoms with E-state index in [1.807, 2.05) is 12.1 Å². The SMILES string of the molecule is NNc1cc(SCC2CCCO2)ccn1. The quantitative estimate of drug-likeness (QED) is 0.463. The van der Waals surface area contributed by atoms with E-state index in [9.17, 15) is 0 Å². The van der Waals surface area contributed by atoms with Crippen LogP contribution in [0.4, 0.5) is 5.82 Å². The molecule has 2 rings (SSSR count). The molecular formula is C10H15N3OS. The topological polar surface area (TPSA) is 60.2 Å². The number of hydrogen-bond donors (Lipinski definition) is 2. The zero-order valence-electron chi connectivity index (χ0n) is 8.48. The van der Waals surface area contributed by atoms with Gasteiger partial charge in [-0.3, -0.25) is 0 Å². The molecule has 0 aromatic carbocycles. The van der Waals surface area contributed by atoms with Crippen molar-refractivity contribution in [1.82, 2.24) is 4.98 Å². The minimum Gasteiger partial charge on any atom is -0.377 e. The summed E-state index contributed by atoms with van der Waals surface area (Å²) in [5, 5.41) is 0. The first kappa shape index (κ1) is 10.7. The van der Waals surface area contributed by atoms with Crippen molar-refractivity contribution < 1.29 is 4.74 Å². The van der Waals surface area contributed by atoms with Gasteiger partial charge in [0.25, 0.3) is 0 Å². The van der Waals surface area contributed by atoms with Crippen LogP contribution in [-0.2, 0) is 4.74 Å². The highest BCUT2D eigenvalue weighted by molar-refractivity contribution is 7.99. The van der Waals surface area contributed by atoms with Gasteiger partial charge in [-0.15, -0.1) is 11.8 Å². The van der Waals surface area contributed by atoms with Crippen LogP contribution in [0.5, 0.6) is 0 Å². The van der Waals surface area contributed by atoms with Crippen molar-refractivity contribution in [3.8, 4) is 0 Å². The third kappa shape index (κ3) is 3.09. The summed E-state index contributed by atoms with van der Waals surface area (Å²) in [6.45, 7) is 0.914. The normalized spacial score (nSPS) is 20.5. The molecule has 1 unspecified atom stereocenters. The number of nitrogens with two attached hydrogens (primary N) is 1. The van der Waals surface area contributed by atoms with Crippen LogP contribution in [0.25, 0.3) is 0 Å². The number of aromatic nitrogens is 1. The van der Waals surface area contributed by atoms with E-state index in [4.69, 9.17) is 10.6 Å². The van der Waals surface area contributed by atoms with E-state index in [2.05, 4.69) is 10.4 Å². The fraction of sp³-hybridized carbons (Fsp3) is 0.500. The molecule has 1 saturated heterocycles. The van der Waals surface area contributed by atoms with Crippen LogP contribution < -0.4 is 11.3 Å². The monoisotopic (exact) mass is 225 g/mol. The summed E-state index contributed by atoms with van der Waals surface area (Å²) < 4.78 is 5.55. The number of pyridine rings is 1. The largest absolute Gasteiger partial charge is 0.377 e. The summed E-state index contributed by atoms with van der Waals surface area (Å²) in [5.41, 5.74) is 2.54. The highest BCUT2D eigenvalue weighted by Gasteiger charge is 2.15. The number of rotatable bonds is 4. The lowest BCUT2D eigenvalue weighted by Crippen LogP contribution is -2.09. The van der Waals surface area contributed by atoms with E-state index in [1.54, 1.807) is 18.0 Å². The Balaban J connectivity index is 1.86. The maximum atomic E-state index is 5.55. The Labute approximate surface area is 93.6 Å². The molecule has 0 amide bonds. The molecule has 82 valence electrons. The molecule has 2 heterocycles. The minimum atomic E-state index is 0.414. The van der Waals surface area contributed by atoms with Gasteiger partial charge in [0.2, 0.25) is 0 Å². The third-order valence-corrected chi connectivity index (χ3v) is 3.46. The molecule has 0 spiro atoms. The lowest BCUT2D eigenvalue weighted by Gasteiger charge is -2.08. The molecule has 4 nitrogen and oxygen atoms in total. The Morgan fingerprint density at radius 3 is 3.33 bits per heavy atom. The van der Waals surface area contributed by atoms with Gasteiger partial charge in [-0.2, -0.15) is 0 Å². The van der Waals surface area contributed by atoms with Gasteiger partial charge in [0.15, 0.2) is 0 Å². The third-order valence-electron chi connectivity index (χ3n) is 2.34. The fourth-order valence-corrected chi connectivity index (χ4v) is 2.54. The van der Waals surface area contributed by atoms with Crippen molar-refractivity contribution in [2.75, 3.05) is 17.8 Å².